The first-order valence-corrected chi connectivity index (χ1v) is 15.0. The number of ether oxygens (including phenoxy) is 1. The van der Waals surface area contributed by atoms with Crippen LogP contribution in [0.1, 0.15) is 22.8 Å². The van der Waals surface area contributed by atoms with Crippen LogP contribution in [-0.2, 0) is 25.5 Å². The van der Waals surface area contributed by atoms with Crippen LogP contribution in [0.15, 0.2) is 91.0 Å². The summed E-state index contributed by atoms with van der Waals surface area (Å²) in [6.45, 7) is 0.282. The second kappa shape index (κ2) is 11.7. The number of nitrogens with zero attached hydrogens (tertiary/aromatic N) is 1. The van der Waals surface area contributed by atoms with Crippen LogP contribution in [0, 0.1) is 5.41 Å². The van der Waals surface area contributed by atoms with Crippen molar-refractivity contribution in [3.8, 4) is 0 Å². The van der Waals surface area contributed by atoms with Crippen molar-refractivity contribution >= 4 is 41.3 Å². The van der Waals surface area contributed by atoms with E-state index in [1.54, 1.807) is 28.4 Å². The molecular weight excluding hydrogens is 516 g/mol. The Morgan fingerprint density at radius 1 is 1.00 bits per heavy atom. The fourth-order valence-corrected chi connectivity index (χ4v) is 7.52. The molecule has 5 rings (SSSR count). The monoisotopic (exact) mass is 546 g/mol. The van der Waals surface area contributed by atoms with Crippen molar-refractivity contribution < 1.29 is 19.1 Å². The number of carbonyl (C=O) groups excluding carboxylic acids is 3. The number of esters is 1. The molecule has 2 aliphatic heterocycles. The summed E-state index contributed by atoms with van der Waals surface area (Å²) in [4.78, 5) is 41.3. The molecule has 2 heterocycles. The van der Waals surface area contributed by atoms with Crippen LogP contribution in [-0.4, -0.2) is 58.4 Å². The lowest BCUT2D eigenvalue weighted by Gasteiger charge is -2.54. The Kier molecular flexibility index (Phi) is 8.09. The van der Waals surface area contributed by atoms with E-state index in [0.29, 0.717) is 11.5 Å². The maximum atomic E-state index is 13.9. The summed E-state index contributed by atoms with van der Waals surface area (Å²) in [6.07, 6.45) is 1.65. The molecule has 0 saturated carbocycles. The van der Waals surface area contributed by atoms with Gasteiger partial charge in [0.05, 0.1) is 6.42 Å². The SMILES string of the molecule is CSCC1(C(=O)OC(c2ccccc2)c2ccccc2)CS[C@@H]2C(NC(=O)Cc3ccccc3)C(=O)N2C1. The van der Waals surface area contributed by atoms with Gasteiger partial charge in [-0.1, -0.05) is 91.0 Å². The highest BCUT2D eigenvalue weighted by molar-refractivity contribution is 8.00. The minimum absolute atomic E-state index is 0.149. The smallest absolute Gasteiger partial charge is 0.316 e. The fourth-order valence-electron chi connectivity index (χ4n) is 5.00. The number of hydrogen-bond donors (Lipinski definition) is 1. The van der Waals surface area contributed by atoms with E-state index in [2.05, 4.69) is 5.32 Å². The molecule has 8 heteroatoms. The number of fused-ring (bicyclic) bond motifs is 1. The van der Waals surface area contributed by atoms with Crippen molar-refractivity contribution in [2.75, 3.05) is 24.3 Å². The Morgan fingerprint density at radius 3 is 2.16 bits per heavy atom. The molecule has 2 unspecified atom stereocenters. The van der Waals surface area contributed by atoms with Gasteiger partial charge in [0.15, 0.2) is 6.10 Å². The van der Waals surface area contributed by atoms with Crippen molar-refractivity contribution in [1.29, 1.82) is 0 Å². The van der Waals surface area contributed by atoms with Crippen LogP contribution in [0.25, 0.3) is 0 Å². The maximum Gasteiger partial charge on any atom is 0.316 e. The summed E-state index contributed by atoms with van der Waals surface area (Å²) in [7, 11) is 0. The molecule has 196 valence electrons. The molecule has 6 nitrogen and oxygen atoms in total. The highest BCUT2D eigenvalue weighted by Crippen LogP contribution is 2.45. The molecule has 2 aliphatic rings. The van der Waals surface area contributed by atoms with Gasteiger partial charge in [0, 0.05) is 18.1 Å². The summed E-state index contributed by atoms with van der Waals surface area (Å²) < 4.78 is 6.25. The van der Waals surface area contributed by atoms with E-state index in [1.807, 2.05) is 97.3 Å². The first-order valence-electron chi connectivity index (χ1n) is 12.6. The highest BCUT2D eigenvalue weighted by Gasteiger charge is 2.57. The minimum Gasteiger partial charge on any atom is -0.452 e. The first kappa shape index (κ1) is 26.4. The summed E-state index contributed by atoms with van der Waals surface area (Å²) in [5.74, 6) is 0.423. The van der Waals surface area contributed by atoms with Crippen LogP contribution >= 0.6 is 23.5 Å². The van der Waals surface area contributed by atoms with E-state index in [4.69, 9.17) is 4.74 Å². The van der Waals surface area contributed by atoms with Crippen LogP contribution in [0.3, 0.4) is 0 Å². The van der Waals surface area contributed by atoms with Gasteiger partial charge < -0.3 is 15.0 Å². The van der Waals surface area contributed by atoms with Gasteiger partial charge in [-0.05, 0) is 22.9 Å². The summed E-state index contributed by atoms with van der Waals surface area (Å²) in [6, 6.07) is 28.3. The summed E-state index contributed by atoms with van der Waals surface area (Å²) in [5.41, 5.74) is 1.86. The van der Waals surface area contributed by atoms with Gasteiger partial charge >= 0.3 is 5.97 Å². The largest absolute Gasteiger partial charge is 0.452 e. The van der Waals surface area contributed by atoms with Gasteiger partial charge in [-0.3, -0.25) is 14.4 Å². The third kappa shape index (κ3) is 5.47. The molecule has 0 aromatic heterocycles. The average molecular weight is 547 g/mol. The molecule has 38 heavy (non-hydrogen) atoms. The lowest BCUT2D eigenvalue weighted by molar-refractivity contribution is -0.164. The fraction of sp³-hybridized carbons (Fsp3) is 0.300. The van der Waals surface area contributed by atoms with E-state index in [1.165, 1.54) is 0 Å². The third-order valence-corrected chi connectivity index (χ3v) is 9.38. The normalized spacial score (nSPS) is 22.4. The van der Waals surface area contributed by atoms with E-state index >= 15 is 0 Å². The maximum absolute atomic E-state index is 13.9. The standard InChI is InChI=1S/C30H30N2O4S2/c1-37-19-30(29(35)36-26(22-13-7-3-8-14-22)23-15-9-4-10-16-23)18-32-27(34)25(28(32)38-20-30)31-24(33)17-21-11-5-2-6-12-21/h2-16,25-26,28H,17-20H2,1H3,(H,31,33)/t25?,28-,30?/m1/s1. The predicted octanol–water partition coefficient (Wildman–Crippen LogP) is 4.31. The Labute approximate surface area is 231 Å². The zero-order chi connectivity index (χ0) is 26.5. The number of amides is 2. The van der Waals surface area contributed by atoms with Crippen molar-refractivity contribution in [3.63, 3.8) is 0 Å². The Balaban J connectivity index is 1.29. The summed E-state index contributed by atoms with van der Waals surface area (Å²) in [5, 5.41) is 2.73. The Morgan fingerprint density at radius 2 is 1.58 bits per heavy atom. The highest BCUT2D eigenvalue weighted by atomic mass is 32.2. The van der Waals surface area contributed by atoms with Crippen molar-refractivity contribution in [3.05, 3.63) is 108 Å². The van der Waals surface area contributed by atoms with Crippen LogP contribution in [0.2, 0.25) is 0 Å². The van der Waals surface area contributed by atoms with Crippen molar-refractivity contribution in [2.45, 2.75) is 23.9 Å². The van der Waals surface area contributed by atoms with Gasteiger partial charge in [0.25, 0.3) is 0 Å². The Hall–Kier alpha value is -3.23. The number of carbonyl (C=O) groups is 3. The molecule has 1 N–H and O–H groups in total. The van der Waals surface area contributed by atoms with Crippen molar-refractivity contribution in [2.24, 2.45) is 5.41 Å². The van der Waals surface area contributed by atoms with E-state index in [0.717, 1.165) is 16.7 Å². The topological polar surface area (TPSA) is 75.7 Å². The number of benzene rings is 3. The van der Waals surface area contributed by atoms with Gasteiger partial charge in [-0.15, -0.1) is 11.8 Å². The number of nitrogens with one attached hydrogen (secondary N) is 1. The molecule has 3 aromatic rings. The molecule has 2 amide bonds. The molecular formula is C30H30N2O4S2. The van der Waals surface area contributed by atoms with Gasteiger partial charge in [-0.2, -0.15) is 11.8 Å². The van der Waals surface area contributed by atoms with E-state index in [9.17, 15) is 14.4 Å². The molecule has 3 atom stereocenters. The van der Waals surface area contributed by atoms with E-state index < -0.39 is 17.6 Å². The summed E-state index contributed by atoms with van der Waals surface area (Å²) >= 11 is 3.12. The second-order valence-corrected chi connectivity index (χ2v) is 11.7. The van der Waals surface area contributed by atoms with Gasteiger partial charge in [-0.25, -0.2) is 0 Å². The second-order valence-electron chi connectivity index (χ2n) is 9.70. The van der Waals surface area contributed by atoms with Crippen LogP contribution in [0.5, 0.6) is 0 Å². The van der Waals surface area contributed by atoms with E-state index in [-0.39, 0.29) is 36.1 Å². The third-order valence-electron chi connectivity index (χ3n) is 6.95. The molecule has 2 fully saturated rings. The zero-order valence-electron chi connectivity index (χ0n) is 21.1. The molecule has 3 aromatic carbocycles. The zero-order valence-corrected chi connectivity index (χ0v) is 22.8. The molecule has 0 aliphatic carbocycles. The van der Waals surface area contributed by atoms with Crippen molar-refractivity contribution in [1.82, 2.24) is 10.2 Å². The number of β-lactam (4-membered cyclic amide) rings is 1. The van der Waals surface area contributed by atoms with Gasteiger partial charge in [0.2, 0.25) is 11.8 Å². The predicted molar refractivity (Wildman–Crippen MR) is 152 cm³/mol. The first-order chi connectivity index (χ1) is 18.5. The Bertz CT molecular complexity index is 1240. The molecule has 0 bridgehead atoms. The van der Waals surface area contributed by atoms with Crippen LogP contribution in [0.4, 0.5) is 0 Å². The number of hydrogen-bond acceptors (Lipinski definition) is 6. The molecule has 0 radical (unpaired) electrons. The number of thioether (sulfide) groups is 2. The quantitative estimate of drug-likeness (QED) is 0.319. The number of rotatable bonds is 9. The van der Waals surface area contributed by atoms with Gasteiger partial charge in [0.1, 0.15) is 16.8 Å². The van der Waals surface area contributed by atoms with Crippen LogP contribution < -0.4 is 5.32 Å². The minimum atomic E-state index is -0.836. The molecule has 2 saturated heterocycles. The molecule has 0 spiro atoms. The lowest BCUT2D eigenvalue weighted by atomic mass is 9.88. The lowest BCUT2D eigenvalue weighted by Crippen LogP contribution is -2.74. The average Bonchev–Trinajstić information content (AvgIpc) is 2.96.